The van der Waals surface area contributed by atoms with Gasteiger partial charge >= 0.3 is 6.18 Å². The van der Waals surface area contributed by atoms with E-state index in [0.717, 1.165) is 17.7 Å². The molecule has 0 aliphatic heterocycles. The van der Waals surface area contributed by atoms with Gasteiger partial charge in [0, 0.05) is 12.1 Å². The lowest BCUT2D eigenvalue weighted by Crippen LogP contribution is -2.33. The highest BCUT2D eigenvalue weighted by molar-refractivity contribution is 7.89. The number of halogens is 3. The number of carbonyl (C=O) groups excluding carboxylic acids is 1. The second kappa shape index (κ2) is 8.33. The van der Waals surface area contributed by atoms with E-state index in [-0.39, 0.29) is 17.0 Å². The molecule has 2 aromatic carbocycles. The van der Waals surface area contributed by atoms with E-state index in [1.807, 2.05) is 30.3 Å². The summed E-state index contributed by atoms with van der Waals surface area (Å²) in [6.45, 7) is -1.26. The van der Waals surface area contributed by atoms with Crippen molar-refractivity contribution in [3.05, 3.63) is 65.7 Å². The Hall–Kier alpha value is -2.39. The molecule has 2 aromatic rings. The number of sulfonamides is 1. The Balaban J connectivity index is 1.94. The van der Waals surface area contributed by atoms with Crippen molar-refractivity contribution in [3.63, 3.8) is 0 Å². The van der Waals surface area contributed by atoms with Gasteiger partial charge in [-0.3, -0.25) is 4.79 Å². The average molecular weight is 386 g/mol. The zero-order valence-corrected chi connectivity index (χ0v) is 14.4. The summed E-state index contributed by atoms with van der Waals surface area (Å²) in [5.41, 5.74) is 0.921. The first-order valence-electron chi connectivity index (χ1n) is 7.66. The number of amides is 1. The number of hydrogen-bond donors (Lipinski definition) is 2. The molecular formula is C17H17F3N2O3S. The SMILES string of the molecule is O=C(NCC(F)(F)F)c1ccc(S(=O)(=O)NCCc2ccccc2)cc1. The quantitative estimate of drug-likeness (QED) is 0.768. The van der Waals surface area contributed by atoms with Gasteiger partial charge in [-0.2, -0.15) is 13.2 Å². The van der Waals surface area contributed by atoms with Crippen LogP contribution in [0.2, 0.25) is 0 Å². The molecule has 0 bridgehead atoms. The molecule has 140 valence electrons. The molecule has 0 aromatic heterocycles. The fourth-order valence-electron chi connectivity index (χ4n) is 2.13. The normalized spacial score (nSPS) is 12.0. The first-order chi connectivity index (χ1) is 12.2. The third kappa shape index (κ3) is 6.16. The highest BCUT2D eigenvalue weighted by Gasteiger charge is 2.28. The first kappa shape index (κ1) is 19.9. The van der Waals surface area contributed by atoms with Crippen molar-refractivity contribution in [1.82, 2.24) is 10.0 Å². The van der Waals surface area contributed by atoms with Crippen LogP contribution >= 0.6 is 0 Å². The van der Waals surface area contributed by atoms with Crippen LogP contribution in [-0.2, 0) is 16.4 Å². The van der Waals surface area contributed by atoms with E-state index < -0.39 is 28.7 Å². The lowest BCUT2D eigenvalue weighted by molar-refractivity contribution is -0.123. The van der Waals surface area contributed by atoms with Crippen molar-refractivity contribution in [1.29, 1.82) is 0 Å². The maximum Gasteiger partial charge on any atom is 0.405 e. The summed E-state index contributed by atoms with van der Waals surface area (Å²) >= 11 is 0. The van der Waals surface area contributed by atoms with Gasteiger partial charge in [0.2, 0.25) is 10.0 Å². The maximum atomic E-state index is 12.2. The molecule has 0 saturated carbocycles. The van der Waals surface area contributed by atoms with Gasteiger partial charge < -0.3 is 5.32 Å². The van der Waals surface area contributed by atoms with E-state index in [9.17, 15) is 26.4 Å². The molecule has 0 spiro atoms. The number of benzene rings is 2. The Labute approximate surface area is 149 Å². The Morgan fingerprint density at radius 3 is 2.15 bits per heavy atom. The van der Waals surface area contributed by atoms with Crippen molar-refractivity contribution in [2.45, 2.75) is 17.5 Å². The molecule has 0 unspecified atom stereocenters. The number of rotatable bonds is 7. The lowest BCUT2D eigenvalue weighted by atomic mass is 10.2. The number of hydrogen-bond acceptors (Lipinski definition) is 3. The molecule has 0 saturated heterocycles. The van der Waals surface area contributed by atoms with Crippen LogP contribution in [0, 0.1) is 0 Å². The molecule has 0 radical (unpaired) electrons. The minimum atomic E-state index is -4.51. The third-order valence-electron chi connectivity index (χ3n) is 3.42. The minimum Gasteiger partial charge on any atom is -0.343 e. The first-order valence-corrected chi connectivity index (χ1v) is 9.14. The van der Waals surface area contributed by atoms with Crippen molar-refractivity contribution in [3.8, 4) is 0 Å². The van der Waals surface area contributed by atoms with Crippen LogP contribution in [0.1, 0.15) is 15.9 Å². The van der Waals surface area contributed by atoms with Crippen LogP contribution in [-0.4, -0.2) is 33.6 Å². The predicted molar refractivity (Wildman–Crippen MR) is 90.2 cm³/mol. The molecule has 0 heterocycles. The summed E-state index contributed by atoms with van der Waals surface area (Å²) in [5, 5.41) is 1.72. The van der Waals surface area contributed by atoms with Crippen LogP contribution in [0.25, 0.3) is 0 Å². The second-order valence-corrected chi connectivity index (χ2v) is 7.22. The van der Waals surface area contributed by atoms with Gasteiger partial charge in [0.1, 0.15) is 6.54 Å². The van der Waals surface area contributed by atoms with E-state index >= 15 is 0 Å². The van der Waals surface area contributed by atoms with Crippen molar-refractivity contribution in [2.75, 3.05) is 13.1 Å². The minimum absolute atomic E-state index is 0.0579. The summed E-state index contributed by atoms with van der Waals surface area (Å²) in [7, 11) is -3.77. The van der Waals surface area contributed by atoms with Gasteiger partial charge in [-0.25, -0.2) is 13.1 Å². The lowest BCUT2D eigenvalue weighted by Gasteiger charge is -2.09. The molecule has 26 heavy (non-hydrogen) atoms. The molecular weight excluding hydrogens is 369 g/mol. The van der Waals surface area contributed by atoms with Gasteiger partial charge in [0.05, 0.1) is 4.90 Å². The van der Waals surface area contributed by atoms with E-state index in [4.69, 9.17) is 0 Å². The van der Waals surface area contributed by atoms with Gasteiger partial charge in [0.15, 0.2) is 0 Å². The summed E-state index contributed by atoms with van der Waals surface area (Å²) in [5.74, 6) is -0.927. The highest BCUT2D eigenvalue weighted by atomic mass is 32.2. The highest BCUT2D eigenvalue weighted by Crippen LogP contribution is 2.14. The number of alkyl halides is 3. The molecule has 0 aliphatic rings. The molecule has 1 amide bonds. The summed E-state index contributed by atoms with van der Waals surface area (Å²) in [6.07, 6.45) is -4.00. The number of carbonyl (C=O) groups is 1. The molecule has 2 N–H and O–H groups in total. The van der Waals surface area contributed by atoms with Crippen LogP contribution in [0.5, 0.6) is 0 Å². The standard InChI is InChI=1S/C17H17F3N2O3S/c18-17(19,20)12-21-16(23)14-6-8-15(9-7-14)26(24,25)22-11-10-13-4-2-1-3-5-13/h1-9,22H,10-12H2,(H,21,23). The fourth-order valence-corrected chi connectivity index (χ4v) is 3.16. The van der Waals surface area contributed by atoms with Crippen LogP contribution in [0.4, 0.5) is 13.2 Å². The summed E-state index contributed by atoms with van der Waals surface area (Å²) < 4.78 is 63.1. The van der Waals surface area contributed by atoms with Gasteiger partial charge in [-0.05, 0) is 36.2 Å². The van der Waals surface area contributed by atoms with Crippen molar-refractivity contribution >= 4 is 15.9 Å². The third-order valence-corrected chi connectivity index (χ3v) is 4.90. The Morgan fingerprint density at radius 1 is 0.962 bits per heavy atom. The Bertz CT molecular complexity index is 836. The van der Waals surface area contributed by atoms with E-state index in [1.165, 1.54) is 12.1 Å². The molecule has 0 aliphatic carbocycles. The number of nitrogens with one attached hydrogen (secondary N) is 2. The van der Waals surface area contributed by atoms with Crippen LogP contribution < -0.4 is 10.0 Å². The monoisotopic (exact) mass is 386 g/mol. The molecule has 0 atom stereocenters. The van der Waals surface area contributed by atoms with E-state index in [1.54, 1.807) is 5.32 Å². The van der Waals surface area contributed by atoms with E-state index in [2.05, 4.69) is 4.72 Å². The van der Waals surface area contributed by atoms with Crippen LogP contribution in [0.15, 0.2) is 59.5 Å². The molecule has 9 heteroatoms. The van der Waals surface area contributed by atoms with E-state index in [0.29, 0.717) is 6.42 Å². The summed E-state index contributed by atoms with van der Waals surface area (Å²) in [4.78, 5) is 11.5. The van der Waals surface area contributed by atoms with Gasteiger partial charge in [-0.15, -0.1) is 0 Å². The second-order valence-electron chi connectivity index (χ2n) is 5.46. The van der Waals surface area contributed by atoms with Crippen molar-refractivity contribution < 1.29 is 26.4 Å². The zero-order chi connectivity index (χ0) is 19.2. The predicted octanol–water partition coefficient (Wildman–Crippen LogP) is 2.50. The molecule has 0 fully saturated rings. The smallest absolute Gasteiger partial charge is 0.343 e. The summed E-state index contributed by atoms with van der Waals surface area (Å²) in [6, 6.07) is 14.0. The average Bonchev–Trinajstić information content (AvgIpc) is 2.60. The van der Waals surface area contributed by atoms with Crippen molar-refractivity contribution in [2.24, 2.45) is 0 Å². The van der Waals surface area contributed by atoms with Crippen LogP contribution in [0.3, 0.4) is 0 Å². The molecule has 2 rings (SSSR count). The fraction of sp³-hybridized carbons (Fsp3) is 0.235. The Kier molecular flexibility index (Phi) is 6.38. The van der Waals surface area contributed by atoms with Gasteiger partial charge in [0.25, 0.3) is 5.91 Å². The maximum absolute atomic E-state index is 12.2. The molecule has 5 nitrogen and oxygen atoms in total. The zero-order valence-electron chi connectivity index (χ0n) is 13.6. The largest absolute Gasteiger partial charge is 0.405 e. The topological polar surface area (TPSA) is 75.3 Å². The Morgan fingerprint density at radius 2 is 1.58 bits per heavy atom. The van der Waals surface area contributed by atoms with Gasteiger partial charge in [-0.1, -0.05) is 30.3 Å².